The Kier molecular flexibility index (Phi) is 4.46. The summed E-state index contributed by atoms with van der Waals surface area (Å²) in [6, 6.07) is 5.31. The first-order valence-corrected chi connectivity index (χ1v) is 9.03. The summed E-state index contributed by atoms with van der Waals surface area (Å²) in [5.74, 6) is 0.355. The van der Waals surface area contributed by atoms with E-state index in [2.05, 4.69) is 15.3 Å². The molecular weight excluding hydrogens is 358 g/mol. The average molecular weight is 379 g/mol. The van der Waals surface area contributed by atoms with Gasteiger partial charge >= 0.3 is 6.03 Å². The summed E-state index contributed by atoms with van der Waals surface area (Å²) in [6.45, 7) is 2.80. The van der Waals surface area contributed by atoms with Crippen molar-refractivity contribution in [3.8, 4) is 0 Å². The van der Waals surface area contributed by atoms with E-state index in [1.165, 1.54) is 0 Å². The molecule has 28 heavy (non-hydrogen) atoms. The number of hydrogen-bond donors (Lipinski definition) is 1. The predicted octanol–water partition coefficient (Wildman–Crippen LogP) is 2.82. The van der Waals surface area contributed by atoms with Crippen molar-refractivity contribution in [2.45, 2.75) is 19.9 Å². The predicted molar refractivity (Wildman–Crippen MR) is 104 cm³/mol. The van der Waals surface area contributed by atoms with Gasteiger partial charge in [0.2, 0.25) is 0 Å². The highest BCUT2D eigenvalue weighted by Gasteiger charge is 2.25. The van der Waals surface area contributed by atoms with Gasteiger partial charge in [-0.1, -0.05) is 0 Å². The van der Waals surface area contributed by atoms with Gasteiger partial charge in [-0.05, 0) is 35.7 Å². The number of amides is 3. The van der Waals surface area contributed by atoms with Crippen molar-refractivity contribution >= 4 is 28.7 Å². The van der Waals surface area contributed by atoms with E-state index in [0.717, 1.165) is 11.1 Å². The number of rotatable bonds is 2. The van der Waals surface area contributed by atoms with Crippen molar-refractivity contribution in [2.75, 3.05) is 26.0 Å². The molecule has 1 aromatic carbocycles. The summed E-state index contributed by atoms with van der Waals surface area (Å²) in [7, 11) is 3.46. The van der Waals surface area contributed by atoms with Gasteiger partial charge in [0.25, 0.3) is 5.91 Å². The van der Waals surface area contributed by atoms with Crippen LogP contribution in [0.1, 0.15) is 27.4 Å². The van der Waals surface area contributed by atoms with Crippen molar-refractivity contribution in [3.63, 3.8) is 0 Å². The molecule has 1 N–H and O–H groups in total. The van der Waals surface area contributed by atoms with Crippen LogP contribution in [0, 0.1) is 6.92 Å². The lowest BCUT2D eigenvalue weighted by Crippen LogP contribution is -2.42. The van der Waals surface area contributed by atoms with Crippen LogP contribution in [-0.2, 0) is 13.0 Å². The third-order valence-corrected chi connectivity index (χ3v) is 4.79. The number of anilines is 1. The Balaban J connectivity index is 1.57. The van der Waals surface area contributed by atoms with Crippen molar-refractivity contribution in [1.82, 2.24) is 19.8 Å². The fourth-order valence-corrected chi connectivity index (χ4v) is 3.45. The molecule has 3 amide bonds. The van der Waals surface area contributed by atoms with Gasteiger partial charge in [-0.3, -0.25) is 9.78 Å². The molecule has 0 bridgehead atoms. The van der Waals surface area contributed by atoms with Crippen LogP contribution in [0.3, 0.4) is 0 Å². The largest absolute Gasteiger partial charge is 0.441 e. The van der Waals surface area contributed by atoms with Gasteiger partial charge in [-0.15, -0.1) is 0 Å². The zero-order chi connectivity index (χ0) is 19.8. The number of aromatic nitrogens is 2. The molecule has 0 unspecified atom stereocenters. The number of fused-ring (bicyclic) bond motifs is 2. The molecule has 3 aromatic rings. The first-order valence-electron chi connectivity index (χ1n) is 9.03. The lowest BCUT2D eigenvalue weighted by Gasteiger charge is -2.31. The number of hydrogen-bond acceptors (Lipinski definition) is 5. The molecular formula is C20H21N5O3. The lowest BCUT2D eigenvalue weighted by atomic mass is 9.97. The standard InChI is InChI=1S/C20H21N5O3/c1-12-22-17-8-14(4-5-18(17)28-12)23-19(26)16-10-21-9-13-11-25(7-6-15(13)16)20(27)24(2)3/h4-5,8-10H,6-7,11H2,1-3H3,(H,23,26). The van der Waals surface area contributed by atoms with Crippen molar-refractivity contribution in [1.29, 1.82) is 0 Å². The Morgan fingerprint density at radius 3 is 2.86 bits per heavy atom. The molecule has 0 atom stereocenters. The fourth-order valence-electron chi connectivity index (χ4n) is 3.45. The van der Waals surface area contributed by atoms with Crippen LogP contribution in [0.15, 0.2) is 35.0 Å². The maximum absolute atomic E-state index is 12.9. The zero-order valence-corrected chi connectivity index (χ0v) is 16.0. The summed E-state index contributed by atoms with van der Waals surface area (Å²) >= 11 is 0. The Hall–Kier alpha value is -3.42. The molecule has 4 rings (SSSR count). The summed E-state index contributed by atoms with van der Waals surface area (Å²) in [6.07, 6.45) is 3.92. The van der Waals surface area contributed by atoms with E-state index >= 15 is 0 Å². The van der Waals surface area contributed by atoms with Crippen LogP contribution >= 0.6 is 0 Å². The maximum Gasteiger partial charge on any atom is 0.319 e. The van der Waals surface area contributed by atoms with Crippen molar-refractivity contribution < 1.29 is 14.0 Å². The number of nitrogens with one attached hydrogen (secondary N) is 1. The highest BCUT2D eigenvalue weighted by molar-refractivity contribution is 6.06. The molecule has 0 saturated heterocycles. The lowest BCUT2D eigenvalue weighted by molar-refractivity contribution is 0.102. The summed E-state index contributed by atoms with van der Waals surface area (Å²) in [5.41, 5.74) is 4.39. The first-order chi connectivity index (χ1) is 13.4. The number of nitrogens with zero attached hydrogens (tertiary/aromatic N) is 4. The summed E-state index contributed by atoms with van der Waals surface area (Å²) in [5, 5.41) is 2.91. The molecule has 0 fully saturated rings. The van der Waals surface area contributed by atoms with E-state index in [1.54, 1.807) is 61.4 Å². The Morgan fingerprint density at radius 2 is 2.07 bits per heavy atom. The number of carbonyl (C=O) groups is 2. The van der Waals surface area contributed by atoms with E-state index in [0.29, 0.717) is 47.8 Å². The maximum atomic E-state index is 12.9. The second kappa shape index (κ2) is 6.95. The molecule has 2 aromatic heterocycles. The number of urea groups is 1. The third kappa shape index (κ3) is 3.28. The normalized spacial score (nSPS) is 13.3. The van der Waals surface area contributed by atoms with E-state index in [9.17, 15) is 9.59 Å². The van der Waals surface area contributed by atoms with Crippen LogP contribution in [0.25, 0.3) is 11.1 Å². The molecule has 8 heteroatoms. The molecule has 0 spiro atoms. The molecule has 0 radical (unpaired) electrons. The second-order valence-corrected chi connectivity index (χ2v) is 7.04. The van der Waals surface area contributed by atoms with E-state index in [1.807, 2.05) is 0 Å². The Morgan fingerprint density at radius 1 is 1.25 bits per heavy atom. The first kappa shape index (κ1) is 18.0. The van der Waals surface area contributed by atoms with Gasteiger partial charge in [-0.2, -0.15) is 0 Å². The highest BCUT2D eigenvalue weighted by Crippen LogP contribution is 2.24. The highest BCUT2D eigenvalue weighted by atomic mass is 16.3. The second-order valence-electron chi connectivity index (χ2n) is 7.04. The molecule has 1 aliphatic heterocycles. The van der Waals surface area contributed by atoms with Crippen LogP contribution in [-0.4, -0.2) is 52.3 Å². The molecule has 8 nitrogen and oxygen atoms in total. The minimum Gasteiger partial charge on any atom is -0.441 e. The van der Waals surface area contributed by atoms with Gasteiger partial charge in [0.1, 0.15) is 5.52 Å². The van der Waals surface area contributed by atoms with Crippen LogP contribution in [0.2, 0.25) is 0 Å². The topological polar surface area (TPSA) is 91.6 Å². The van der Waals surface area contributed by atoms with Gasteiger partial charge in [0.15, 0.2) is 11.5 Å². The number of carbonyl (C=O) groups excluding carboxylic acids is 2. The molecule has 144 valence electrons. The zero-order valence-electron chi connectivity index (χ0n) is 16.0. The van der Waals surface area contributed by atoms with Crippen LogP contribution in [0.4, 0.5) is 10.5 Å². The van der Waals surface area contributed by atoms with Gasteiger partial charge in [0, 0.05) is 52.2 Å². The summed E-state index contributed by atoms with van der Waals surface area (Å²) in [4.78, 5) is 36.9. The molecule has 0 saturated carbocycles. The smallest absolute Gasteiger partial charge is 0.319 e. The number of pyridine rings is 1. The van der Waals surface area contributed by atoms with Gasteiger partial charge in [0.05, 0.1) is 5.56 Å². The van der Waals surface area contributed by atoms with Crippen molar-refractivity contribution in [3.05, 3.63) is 53.2 Å². The quantitative estimate of drug-likeness (QED) is 0.739. The Labute approximate surface area is 162 Å². The molecule has 0 aliphatic carbocycles. The van der Waals surface area contributed by atoms with E-state index < -0.39 is 0 Å². The fraction of sp³-hybridized carbons (Fsp3) is 0.300. The number of benzene rings is 1. The number of oxazole rings is 1. The SMILES string of the molecule is Cc1nc2cc(NC(=O)c3cncc4c3CCN(C(=O)N(C)C)C4)ccc2o1. The average Bonchev–Trinajstić information content (AvgIpc) is 3.05. The van der Waals surface area contributed by atoms with Gasteiger partial charge in [-0.25, -0.2) is 9.78 Å². The van der Waals surface area contributed by atoms with Crippen LogP contribution < -0.4 is 5.32 Å². The van der Waals surface area contributed by atoms with Crippen LogP contribution in [0.5, 0.6) is 0 Å². The van der Waals surface area contributed by atoms with Crippen molar-refractivity contribution in [2.24, 2.45) is 0 Å². The third-order valence-electron chi connectivity index (χ3n) is 4.79. The molecule has 1 aliphatic rings. The molecule has 3 heterocycles. The summed E-state index contributed by atoms with van der Waals surface area (Å²) < 4.78 is 5.46. The monoisotopic (exact) mass is 379 g/mol. The van der Waals surface area contributed by atoms with E-state index in [4.69, 9.17) is 4.42 Å². The minimum atomic E-state index is -0.226. The van der Waals surface area contributed by atoms with E-state index in [-0.39, 0.29) is 11.9 Å². The minimum absolute atomic E-state index is 0.0447. The Bertz CT molecular complexity index is 1070. The number of aryl methyl sites for hydroxylation is 1. The van der Waals surface area contributed by atoms with Gasteiger partial charge < -0.3 is 19.5 Å².